The van der Waals surface area contributed by atoms with Gasteiger partial charge in [0.2, 0.25) is 0 Å². The molecule has 0 aliphatic carbocycles. The number of rotatable bonds is 4. The Bertz CT molecular complexity index is 1570. The number of aromatic nitrogens is 3. The number of fused-ring (bicyclic) bond motifs is 1. The maximum absolute atomic E-state index is 6.22. The molecular formula is C31H28BN3O2. The second-order valence-corrected chi connectivity index (χ2v) is 10.4. The van der Waals surface area contributed by atoms with Crippen molar-refractivity contribution in [3.05, 3.63) is 97.2 Å². The van der Waals surface area contributed by atoms with E-state index in [9.17, 15) is 0 Å². The monoisotopic (exact) mass is 485 g/mol. The minimum atomic E-state index is -0.409. The molecule has 3 heterocycles. The highest BCUT2D eigenvalue weighted by Gasteiger charge is 2.51. The molecule has 1 aliphatic heterocycles. The number of benzene rings is 3. The summed E-state index contributed by atoms with van der Waals surface area (Å²) in [5, 5.41) is 2.37. The Morgan fingerprint density at radius 1 is 0.595 bits per heavy atom. The fraction of sp³-hybridized carbons (Fsp3) is 0.194. The second kappa shape index (κ2) is 8.91. The molecule has 3 aromatic carbocycles. The number of hydrogen-bond donors (Lipinski definition) is 0. The lowest BCUT2D eigenvalue weighted by Gasteiger charge is -2.32. The number of nitrogens with zero attached hydrogens (tertiary/aromatic N) is 3. The predicted molar refractivity (Wildman–Crippen MR) is 149 cm³/mol. The van der Waals surface area contributed by atoms with Crippen molar-refractivity contribution >= 4 is 23.4 Å². The molecule has 5 aromatic rings. The van der Waals surface area contributed by atoms with Crippen molar-refractivity contribution in [2.24, 2.45) is 0 Å². The molecule has 6 heteroatoms. The van der Waals surface area contributed by atoms with Crippen LogP contribution in [0.25, 0.3) is 44.8 Å². The van der Waals surface area contributed by atoms with Crippen LogP contribution in [0.4, 0.5) is 0 Å². The minimum absolute atomic E-state index is 0.384. The van der Waals surface area contributed by atoms with Gasteiger partial charge in [0, 0.05) is 17.3 Å². The highest BCUT2D eigenvalue weighted by molar-refractivity contribution is 6.62. The van der Waals surface area contributed by atoms with Crippen molar-refractivity contribution < 1.29 is 9.31 Å². The van der Waals surface area contributed by atoms with Gasteiger partial charge in [-0.05, 0) is 68.2 Å². The molecule has 0 saturated carbocycles. The third-order valence-electron chi connectivity index (χ3n) is 7.39. The maximum Gasteiger partial charge on any atom is 0.494 e. The van der Waals surface area contributed by atoms with E-state index >= 15 is 0 Å². The first kappa shape index (κ1) is 23.5. The largest absolute Gasteiger partial charge is 0.494 e. The standard InChI is InChI=1S/C31H28BN3O2/c1-30(2)31(3,4)37-32(36-30)25-16-14-22(15-17-25)29-34-27(20-28(35-29)26-11-7-8-18-33-26)24-13-12-21-9-5-6-10-23(21)19-24/h5-20H,1-4H3. The van der Waals surface area contributed by atoms with Crippen LogP contribution in [0.5, 0.6) is 0 Å². The third kappa shape index (κ3) is 4.43. The van der Waals surface area contributed by atoms with Crippen LogP contribution in [0.15, 0.2) is 97.2 Å². The Hall–Kier alpha value is -3.87. The summed E-state index contributed by atoms with van der Waals surface area (Å²) in [6.45, 7) is 8.25. The van der Waals surface area contributed by atoms with Gasteiger partial charge in [-0.15, -0.1) is 0 Å². The molecule has 1 fully saturated rings. The molecular weight excluding hydrogens is 457 g/mol. The smallest absolute Gasteiger partial charge is 0.399 e. The average Bonchev–Trinajstić information content (AvgIpc) is 3.15. The van der Waals surface area contributed by atoms with Gasteiger partial charge in [0.1, 0.15) is 0 Å². The number of hydrogen-bond acceptors (Lipinski definition) is 5. The Morgan fingerprint density at radius 2 is 1.24 bits per heavy atom. The highest BCUT2D eigenvalue weighted by Crippen LogP contribution is 2.36. The second-order valence-electron chi connectivity index (χ2n) is 10.4. The summed E-state index contributed by atoms with van der Waals surface area (Å²) >= 11 is 0. The van der Waals surface area contributed by atoms with Crippen LogP contribution in [0, 0.1) is 0 Å². The molecule has 6 rings (SSSR count). The summed E-state index contributed by atoms with van der Waals surface area (Å²) in [6.07, 6.45) is 1.78. The maximum atomic E-state index is 6.22. The van der Waals surface area contributed by atoms with Gasteiger partial charge in [-0.2, -0.15) is 0 Å². The number of pyridine rings is 1. The molecule has 2 aromatic heterocycles. The van der Waals surface area contributed by atoms with Gasteiger partial charge in [-0.25, -0.2) is 9.97 Å². The first-order valence-electron chi connectivity index (χ1n) is 12.5. The summed E-state index contributed by atoms with van der Waals surface area (Å²) in [5.74, 6) is 0.645. The Balaban J connectivity index is 1.41. The molecule has 37 heavy (non-hydrogen) atoms. The van der Waals surface area contributed by atoms with Gasteiger partial charge in [0.05, 0.1) is 28.3 Å². The molecule has 1 saturated heterocycles. The average molecular weight is 485 g/mol. The Kier molecular flexibility index (Phi) is 5.66. The molecule has 0 amide bonds. The molecule has 1 aliphatic rings. The SMILES string of the molecule is CC1(C)OB(c2ccc(-c3nc(-c4ccc5ccccc5c4)cc(-c4ccccn4)n3)cc2)OC1(C)C. The molecule has 182 valence electrons. The predicted octanol–water partition coefficient (Wildman–Crippen LogP) is 6.33. The Labute approximate surface area is 217 Å². The summed E-state index contributed by atoms with van der Waals surface area (Å²) < 4.78 is 12.4. The van der Waals surface area contributed by atoms with Crippen LogP contribution in [0.1, 0.15) is 27.7 Å². The van der Waals surface area contributed by atoms with Crippen LogP contribution in [0.2, 0.25) is 0 Å². The normalized spacial score (nSPS) is 16.3. The van der Waals surface area contributed by atoms with E-state index in [0.717, 1.165) is 33.7 Å². The molecule has 0 unspecified atom stereocenters. The Morgan fingerprint density at radius 3 is 1.95 bits per heavy atom. The van der Waals surface area contributed by atoms with E-state index in [0.29, 0.717) is 5.82 Å². The summed E-state index contributed by atoms with van der Waals surface area (Å²) in [7, 11) is -0.409. The van der Waals surface area contributed by atoms with Crippen molar-refractivity contribution in [3.63, 3.8) is 0 Å². The zero-order chi connectivity index (χ0) is 25.6. The summed E-state index contributed by atoms with van der Waals surface area (Å²) in [5.41, 5.74) is 4.60. The van der Waals surface area contributed by atoms with Crippen LogP contribution < -0.4 is 5.46 Å². The molecule has 5 nitrogen and oxygen atoms in total. The van der Waals surface area contributed by atoms with Crippen LogP contribution in [-0.4, -0.2) is 33.3 Å². The van der Waals surface area contributed by atoms with Gasteiger partial charge in [0.15, 0.2) is 5.82 Å². The van der Waals surface area contributed by atoms with E-state index in [-0.39, 0.29) is 11.2 Å². The van der Waals surface area contributed by atoms with Gasteiger partial charge in [-0.1, -0.05) is 66.7 Å². The summed E-state index contributed by atoms with van der Waals surface area (Å²) in [4.78, 5) is 14.4. The lowest BCUT2D eigenvalue weighted by atomic mass is 9.79. The van der Waals surface area contributed by atoms with Crippen molar-refractivity contribution in [3.8, 4) is 34.0 Å². The minimum Gasteiger partial charge on any atom is -0.399 e. The van der Waals surface area contributed by atoms with E-state index in [2.05, 4.69) is 75.1 Å². The topological polar surface area (TPSA) is 57.1 Å². The summed E-state index contributed by atoms with van der Waals surface area (Å²) in [6, 6.07) is 30.7. The van der Waals surface area contributed by atoms with Crippen molar-refractivity contribution in [2.75, 3.05) is 0 Å². The quantitative estimate of drug-likeness (QED) is 0.279. The molecule has 0 bridgehead atoms. The van der Waals surface area contributed by atoms with Crippen LogP contribution >= 0.6 is 0 Å². The fourth-order valence-electron chi connectivity index (χ4n) is 4.49. The first-order valence-corrected chi connectivity index (χ1v) is 12.5. The third-order valence-corrected chi connectivity index (χ3v) is 7.39. The zero-order valence-corrected chi connectivity index (χ0v) is 21.5. The molecule has 0 radical (unpaired) electrons. The van der Waals surface area contributed by atoms with E-state index in [1.54, 1.807) is 6.20 Å². The fourth-order valence-corrected chi connectivity index (χ4v) is 4.49. The molecule has 0 atom stereocenters. The van der Waals surface area contributed by atoms with E-state index < -0.39 is 7.12 Å². The van der Waals surface area contributed by atoms with Crippen molar-refractivity contribution in [1.29, 1.82) is 0 Å². The zero-order valence-electron chi connectivity index (χ0n) is 21.5. The van der Waals surface area contributed by atoms with Gasteiger partial charge in [0.25, 0.3) is 0 Å². The van der Waals surface area contributed by atoms with E-state index in [4.69, 9.17) is 19.3 Å². The first-order chi connectivity index (χ1) is 17.8. The van der Waals surface area contributed by atoms with Crippen molar-refractivity contribution in [1.82, 2.24) is 15.0 Å². The lowest BCUT2D eigenvalue weighted by molar-refractivity contribution is 0.00578. The van der Waals surface area contributed by atoms with E-state index in [1.165, 1.54) is 10.8 Å². The highest BCUT2D eigenvalue weighted by atomic mass is 16.7. The molecule has 0 N–H and O–H groups in total. The van der Waals surface area contributed by atoms with Gasteiger partial charge >= 0.3 is 7.12 Å². The van der Waals surface area contributed by atoms with Crippen molar-refractivity contribution in [2.45, 2.75) is 38.9 Å². The molecule has 0 spiro atoms. The van der Waals surface area contributed by atoms with Gasteiger partial charge in [-0.3, -0.25) is 4.98 Å². The van der Waals surface area contributed by atoms with Crippen LogP contribution in [0.3, 0.4) is 0 Å². The van der Waals surface area contributed by atoms with E-state index in [1.807, 2.05) is 48.5 Å². The van der Waals surface area contributed by atoms with Gasteiger partial charge < -0.3 is 9.31 Å². The lowest BCUT2D eigenvalue weighted by Crippen LogP contribution is -2.41. The van der Waals surface area contributed by atoms with Crippen LogP contribution in [-0.2, 0) is 9.31 Å².